The molecule has 0 aliphatic heterocycles. The first-order valence-corrected chi connectivity index (χ1v) is 10.8. The average molecular weight is 421 g/mol. The van der Waals surface area contributed by atoms with Crippen molar-refractivity contribution in [2.24, 2.45) is 0 Å². The van der Waals surface area contributed by atoms with Crippen molar-refractivity contribution in [2.75, 3.05) is 25.0 Å². The van der Waals surface area contributed by atoms with Gasteiger partial charge >= 0.3 is 0 Å². The number of anilines is 1. The molecule has 2 aromatic carbocycles. The van der Waals surface area contributed by atoms with Gasteiger partial charge in [0.15, 0.2) is 0 Å². The summed E-state index contributed by atoms with van der Waals surface area (Å²) in [6, 6.07) is 10.4. The molecular weight excluding hydrogens is 395 g/mol. The summed E-state index contributed by atoms with van der Waals surface area (Å²) in [5.74, 6) is -0.635. The van der Waals surface area contributed by atoms with Gasteiger partial charge in [-0.05, 0) is 37.3 Å². The van der Waals surface area contributed by atoms with E-state index in [2.05, 4.69) is 5.32 Å². The van der Waals surface area contributed by atoms with Gasteiger partial charge in [0, 0.05) is 24.7 Å². The second kappa shape index (κ2) is 10.2. The monoisotopic (exact) mass is 420 g/mol. The number of nitrogens with zero attached hydrogens (tertiary/aromatic N) is 1. The van der Waals surface area contributed by atoms with E-state index in [0.717, 1.165) is 0 Å². The number of sulfonamides is 1. The molecule has 2 aromatic rings. The van der Waals surface area contributed by atoms with Crippen molar-refractivity contribution in [1.82, 2.24) is 4.31 Å². The van der Waals surface area contributed by atoms with E-state index in [9.17, 15) is 17.6 Å². The van der Waals surface area contributed by atoms with E-state index in [1.807, 2.05) is 0 Å². The number of hydrogen-bond donors (Lipinski definition) is 1. The number of halogens is 1. The molecule has 0 aromatic heterocycles. The first-order chi connectivity index (χ1) is 13.8. The Labute approximate surface area is 171 Å². The molecule has 6 nitrogen and oxygen atoms in total. The normalized spacial score (nSPS) is 11.8. The van der Waals surface area contributed by atoms with Crippen molar-refractivity contribution in [2.45, 2.75) is 25.7 Å². The average Bonchev–Trinajstić information content (AvgIpc) is 2.69. The van der Waals surface area contributed by atoms with Crippen LogP contribution in [0.1, 0.15) is 26.3 Å². The second-order valence-electron chi connectivity index (χ2n) is 6.02. The topological polar surface area (TPSA) is 75.7 Å². The first-order valence-electron chi connectivity index (χ1n) is 9.34. The van der Waals surface area contributed by atoms with E-state index in [-0.39, 0.29) is 16.1 Å². The maximum atomic E-state index is 13.7. The van der Waals surface area contributed by atoms with E-state index in [1.165, 1.54) is 40.7 Å². The standard InChI is InChI=1S/C21H25FN2O4S/c1-4-24(5-2)29(26,27)17-12-13-20(28-6-3)19(15-17)23-21(25)14-11-16-9-7-8-10-18(16)22/h7-15H,4-6H2,1-3H3,(H,23,25)/b14-11+. The summed E-state index contributed by atoms with van der Waals surface area (Å²) in [6.45, 7) is 6.30. The van der Waals surface area contributed by atoms with Crippen molar-refractivity contribution in [3.05, 3.63) is 59.9 Å². The Morgan fingerprint density at radius 1 is 1.14 bits per heavy atom. The van der Waals surface area contributed by atoms with Crippen LogP contribution in [0.15, 0.2) is 53.4 Å². The Balaban J connectivity index is 2.32. The van der Waals surface area contributed by atoms with Crippen LogP contribution in [0, 0.1) is 5.82 Å². The number of nitrogens with one attached hydrogen (secondary N) is 1. The van der Waals surface area contributed by atoms with E-state index in [1.54, 1.807) is 39.0 Å². The van der Waals surface area contributed by atoms with Crippen LogP contribution in [-0.4, -0.2) is 38.3 Å². The van der Waals surface area contributed by atoms with Crippen LogP contribution in [0.2, 0.25) is 0 Å². The van der Waals surface area contributed by atoms with Gasteiger partial charge in [0.2, 0.25) is 15.9 Å². The van der Waals surface area contributed by atoms with Gasteiger partial charge in [-0.15, -0.1) is 0 Å². The fourth-order valence-corrected chi connectivity index (χ4v) is 4.20. The molecule has 0 spiro atoms. The molecule has 8 heteroatoms. The molecule has 0 atom stereocenters. The second-order valence-corrected chi connectivity index (χ2v) is 7.96. The lowest BCUT2D eigenvalue weighted by atomic mass is 10.2. The van der Waals surface area contributed by atoms with Gasteiger partial charge in [-0.1, -0.05) is 32.0 Å². The summed E-state index contributed by atoms with van der Waals surface area (Å²) in [7, 11) is -3.69. The molecule has 0 saturated carbocycles. The highest BCUT2D eigenvalue weighted by molar-refractivity contribution is 7.89. The van der Waals surface area contributed by atoms with Gasteiger partial charge in [0.25, 0.3) is 0 Å². The number of hydrogen-bond acceptors (Lipinski definition) is 4. The van der Waals surface area contributed by atoms with Gasteiger partial charge in [0.1, 0.15) is 11.6 Å². The lowest BCUT2D eigenvalue weighted by Crippen LogP contribution is -2.30. The zero-order valence-electron chi connectivity index (χ0n) is 16.7. The minimum atomic E-state index is -3.69. The maximum absolute atomic E-state index is 13.7. The Morgan fingerprint density at radius 3 is 2.45 bits per heavy atom. The molecule has 1 amide bonds. The van der Waals surface area contributed by atoms with Crippen LogP contribution in [-0.2, 0) is 14.8 Å². The largest absolute Gasteiger partial charge is 0.492 e. The van der Waals surface area contributed by atoms with E-state index in [4.69, 9.17) is 4.74 Å². The van der Waals surface area contributed by atoms with Crippen LogP contribution < -0.4 is 10.1 Å². The predicted molar refractivity (Wildman–Crippen MR) is 112 cm³/mol. The molecule has 2 rings (SSSR count). The summed E-state index contributed by atoms with van der Waals surface area (Å²) in [5.41, 5.74) is 0.494. The number of carbonyl (C=O) groups excluding carboxylic acids is 1. The molecule has 0 aliphatic carbocycles. The molecule has 0 aliphatic rings. The molecule has 1 N–H and O–H groups in total. The van der Waals surface area contributed by atoms with Crippen molar-refractivity contribution in [1.29, 1.82) is 0 Å². The fourth-order valence-electron chi connectivity index (χ4n) is 2.71. The SMILES string of the molecule is CCOc1ccc(S(=O)(=O)N(CC)CC)cc1NC(=O)/C=C/c1ccccc1F. The summed E-state index contributed by atoms with van der Waals surface area (Å²) >= 11 is 0. The molecule has 0 unspecified atom stereocenters. The van der Waals surface area contributed by atoms with E-state index >= 15 is 0 Å². The van der Waals surface area contributed by atoms with Crippen molar-refractivity contribution in [3.8, 4) is 5.75 Å². The molecule has 0 bridgehead atoms. The molecule has 156 valence electrons. The van der Waals surface area contributed by atoms with Gasteiger partial charge in [-0.3, -0.25) is 4.79 Å². The Kier molecular flexibility index (Phi) is 7.92. The minimum Gasteiger partial charge on any atom is -0.492 e. The summed E-state index contributed by atoms with van der Waals surface area (Å²) < 4.78 is 46.0. The number of benzene rings is 2. The molecule has 0 saturated heterocycles. The van der Waals surface area contributed by atoms with Crippen LogP contribution in [0.5, 0.6) is 5.75 Å². The number of amides is 1. The zero-order valence-corrected chi connectivity index (χ0v) is 17.5. The van der Waals surface area contributed by atoms with Crippen molar-refractivity contribution < 1.29 is 22.3 Å². The maximum Gasteiger partial charge on any atom is 0.248 e. The zero-order chi connectivity index (χ0) is 21.4. The van der Waals surface area contributed by atoms with Gasteiger partial charge < -0.3 is 10.1 Å². The van der Waals surface area contributed by atoms with Gasteiger partial charge in [0.05, 0.1) is 17.2 Å². The fraction of sp³-hybridized carbons (Fsp3) is 0.286. The smallest absolute Gasteiger partial charge is 0.248 e. The van der Waals surface area contributed by atoms with Crippen molar-refractivity contribution >= 4 is 27.7 Å². The molecule has 0 fully saturated rings. The highest BCUT2D eigenvalue weighted by Gasteiger charge is 2.23. The van der Waals surface area contributed by atoms with E-state index < -0.39 is 21.7 Å². The third kappa shape index (κ3) is 5.65. The summed E-state index contributed by atoms with van der Waals surface area (Å²) in [5, 5.41) is 2.62. The van der Waals surface area contributed by atoms with Crippen LogP contribution >= 0.6 is 0 Å². The molecule has 29 heavy (non-hydrogen) atoms. The van der Waals surface area contributed by atoms with E-state index in [0.29, 0.717) is 25.4 Å². The molecule has 0 radical (unpaired) electrons. The Hall–Kier alpha value is -2.71. The summed E-state index contributed by atoms with van der Waals surface area (Å²) in [6.07, 6.45) is 2.53. The third-order valence-corrected chi connectivity index (χ3v) is 6.22. The van der Waals surface area contributed by atoms with Crippen LogP contribution in [0.4, 0.5) is 10.1 Å². The van der Waals surface area contributed by atoms with Crippen LogP contribution in [0.3, 0.4) is 0 Å². The first kappa shape index (κ1) is 22.6. The quantitative estimate of drug-likeness (QED) is 0.624. The molecule has 0 heterocycles. The highest BCUT2D eigenvalue weighted by Crippen LogP contribution is 2.29. The number of carbonyl (C=O) groups is 1. The third-order valence-electron chi connectivity index (χ3n) is 4.17. The van der Waals surface area contributed by atoms with Gasteiger partial charge in [-0.25, -0.2) is 12.8 Å². The number of rotatable bonds is 9. The molecular formula is C21H25FN2O4S. The lowest BCUT2D eigenvalue weighted by Gasteiger charge is -2.19. The summed E-state index contributed by atoms with van der Waals surface area (Å²) in [4.78, 5) is 12.4. The van der Waals surface area contributed by atoms with Gasteiger partial charge in [-0.2, -0.15) is 4.31 Å². The predicted octanol–water partition coefficient (Wildman–Crippen LogP) is 3.91. The Morgan fingerprint density at radius 2 is 1.83 bits per heavy atom. The lowest BCUT2D eigenvalue weighted by molar-refractivity contribution is -0.111. The minimum absolute atomic E-state index is 0.0537. The Bertz CT molecular complexity index is 986. The van der Waals surface area contributed by atoms with Crippen molar-refractivity contribution in [3.63, 3.8) is 0 Å². The highest BCUT2D eigenvalue weighted by atomic mass is 32.2. The number of ether oxygens (including phenoxy) is 1. The van der Waals surface area contributed by atoms with Crippen LogP contribution in [0.25, 0.3) is 6.08 Å².